The van der Waals surface area contributed by atoms with Gasteiger partial charge in [-0.3, -0.25) is 0 Å². The third kappa shape index (κ3) is 6.05. The van der Waals surface area contributed by atoms with Crippen molar-refractivity contribution in [3.05, 3.63) is 137 Å². The normalized spacial score (nSPS) is 14.1. The van der Waals surface area contributed by atoms with Crippen LogP contribution in [0.1, 0.15) is 28.2 Å². The monoisotopic (exact) mass is 548 g/mol. The number of ether oxygens (including phenoxy) is 4. The maximum Gasteiger partial charge on any atom is 0.336 e. The summed E-state index contributed by atoms with van der Waals surface area (Å²) in [5, 5.41) is 9.93. The Morgan fingerprint density at radius 1 is 1.02 bits per heavy atom. The van der Waals surface area contributed by atoms with Gasteiger partial charge in [-0.2, -0.15) is 5.26 Å². The highest BCUT2D eigenvalue weighted by Crippen LogP contribution is 2.45. The molecule has 0 radical (unpaired) electrons. The molecule has 4 aromatic carbocycles. The molecule has 41 heavy (non-hydrogen) atoms. The molecule has 0 aromatic heterocycles. The Morgan fingerprint density at radius 3 is 2.56 bits per heavy atom. The van der Waals surface area contributed by atoms with Crippen molar-refractivity contribution >= 4 is 12.0 Å². The van der Waals surface area contributed by atoms with Gasteiger partial charge in [0.2, 0.25) is 5.88 Å². The van der Waals surface area contributed by atoms with Crippen molar-refractivity contribution in [1.82, 2.24) is 0 Å². The van der Waals surface area contributed by atoms with E-state index < -0.39 is 11.9 Å². The second-order valence-corrected chi connectivity index (χ2v) is 9.08. The van der Waals surface area contributed by atoms with Crippen LogP contribution in [0.15, 0.2) is 109 Å². The summed E-state index contributed by atoms with van der Waals surface area (Å²) in [5.41, 5.74) is 8.98. The summed E-state index contributed by atoms with van der Waals surface area (Å²) >= 11 is 0. The zero-order valence-corrected chi connectivity index (χ0v) is 22.0. The van der Waals surface area contributed by atoms with E-state index in [2.05, 4.69) is 6.07 Å². The van der Waals surface area contributed by atoms with Gasteiger partial charge in [0.1, 0.15) is 35.6 Å². The van der Waals surface area contributed by atoms with E-state index >= 15 is 0 Å². The van der Waals surface area contributed by atoms with Gasteiger partial charge in [0.15, 0.2) is 11.5 Å². The van der Waals surface area contributed by atoms with Gasteiger partial charge in [-0.15, -0.1) is 0 Å². The second kappa shape index (κ2) is 12.1. The molecule has 0 saturated carbocycles. The number of fused-ring (bicyclic) bond motifs is 1. The Balaban J connectivity index is 1.40. The van der Waals surface area contributed by atoms with Crippen LogP contribution in [0.25, 0.3) is 6.08 Å². The van der Waals surface area contributed by atoms with E-state index in [-0.39, 0.29) is 29.6 Å². The standard InChI is InChI=1S/C33H25FN2O5/c1-38-30-17-22(12-15-28(30)39-20-23-9-5-6-10-27(23)34)32-25-14-13-24(18-29(25)41-33(36)26(32)19-35)40-31(37)16-11-21-7-3-2-4-8-21/h2-18,32H,20,36H2,1H3/b16-11+. The molecule has 5 rings (SSSR count). The molecule has 0 saturated heterocycles. The van der Waals surface area contributed by atoms with E-state index in [0.29, 0.717) is 33.9 Å². The molecule has 0 amide bonds. The summed E-state index contributed by atoms with van der Waals surface area (Å²) in [7, 11) is 1.50. The molecule has 0 bridgehead atoms. The van der Waals surface area contributed by atoms with Gasteiger partial charge in [-0.1, -0.05) is 60.7 Å². The molecule has 1 atom stereocenters. The first-order chi connectivity index (χ1) is 20.0. The number of hydrogen-bond acceptors (Lipinski definition) is 7. The topological polar surface area (TPSA) is 104 Å². The SMILES string of the molecule is COc1cc(C2C(C#N)=C(N)Oc3cc(OC(=O)/C=C/c4ccccc4)ccc32)ccc1OCc1ccccc1F. The first-order valence-corrected chi connectivity index (χ1v) is 12.7. The molecule has 2 N–H and O–H groups in total. The highest BCUT2D eigenvalue weighted by molar-refractivity contribution is 5.88. The summed E-state index contributed by atoms with van der Waals surface area (Å²) in [6, 6.07) is 28.0. The largest absolute Gasteiger partial charge is 0.493 e. The average molecular weight is 549 g/mol. The fraction of sp³-hybridized carbons (Fsp3) is 0.0909. The fourth-order valence-corrected chi connectivity index (χ4v) is 4.47. The van der Waals surface area contributed by atoms with Crippen LogP contribution in [0.5, 0.6) is 23.0 Å². The summed E-state index contributed by atoms with van der Waals surface area (Å²) in [4.78, 5) is 12.4. The lowest BCUT2D eigenvalue weighted by Crippen LogP contribution is -2.21. The van der Waals surface area contributed by atoms with Crippen LogP contribution in [0.2, 0.25) is 0 Å². The van der Waals surface area contributed by atoms with Gasteiger partial charge >= 0.3 is 5.97 Å². The lowest BCUT2D eigenvalue weighted by Gasteiger charge is -2.27. The number of nitrogens with zero attached hydrogens (tertiary/aromatic N) is 1. The van der Waals surface area contributed by atoms with Crippen molar-refractivity contribution in [3.63, 3.8) is 0 Å². The molecule has 0 spiro atoms. The molecule has 1 unspecified atom stereocenters. The van der Waals surface area contributed by atoms with Gasteiger partial charge < -0.3 is 24.7 Å². The van der Waals surface area contributed by atoms with Crippen molar-refractivity contribution in [3.8, 4) is 29.1 Å². The van der Waals surface area contributed by atoms with E-state index in [4.69, 9.17) is 24.7 Å². The zero-order valence-electron chi connectivity index (χ0n) is 22.0. The highest BCUT2D eigenvalue weighted by Gasteiger charge is 2.31. The van der Waals surface area contributed by atoms with E-state index in [1.54, 1.807) is 60.7 Å². The second-order valence-electron chi connectivity index (χ2n) is 9.08. The van der Waals surface area contributed by atoms with Gasteiger partial charge in [0.25, 0.3) is 0 Å². The summed E-state index contributed by atoms with van der Waals surface area (Å²) in [5.74, 6) is -0.143. The molecule has 1 aliphatic heterocycles. The number of carbonyl (C=O) groups excluding carboxylic acids is 1. The van der Waals surface area contributed by atoms with Crippen LogP contribution >= 0.6 is 0 Å². The minimum atomic E-state index is -0.582. The molecule has 0 fully saturated rings. The Bertz CT molecular complexity index is 1690. The Kier molecular flexibility index (Phi) is 7.98. The van der Waals surface area contributed by atoms with Crippen LogP contribution in [-0.4, -0.2) is 13.1 Å². The quantitative estimate of drug-likeness (QED) is 0.158. The van der Waals surface area contributed by atoms with Gasteiger partial charge in [0.05, 0.1) is 13.0 Å². The molecular formula is C33H25FN2O5. The minimum absolute atomic E-state index is 0.0147. The zero-order chi connectivity index (χ0) is 28.8. The number of allylic oxidation sites excluding steroid dienone is 1. The van der Waals surface area contributed by atoms with Gasteiger partial charge in [-0.25, -0.2) is 9.18 Å². The van der Waals surface area contributed by atoms with Crippen molar-refractivity contribution in [2.24, 2.45) is 5.73 Å². The summed E-state index contributed by atoms with van der Waals surface area (Å²) in [6.07, 6.45) is 2.99. The number of esters is 1. The maximum absolute atomic E-state index is 14.0. The molecule has 0 aliphatic carbocycles. The maximum atomic E-state index is 14.0. The third-order valence-electron chi connectivity index (χ3n) is 6.48. The van der Waals surface area contributed by atoms with Crippen LogP contribution in [0.3, 0.4) is 0 Å². The van der Waals surface area contributed by atoms with E-state index in [1.807, 2.05) is 30.3 Å². The third-order valence-corrected chi connectivity index (χ3v) is 6.48. The number of rotatable bonds is 8. The van der Waals surface area contributed by atoms with Crippen molar-refractivity contribution in [2.75, 3.05) is 7.11 Å². The first-order valence-electron chi connectivity index (χ1n) is 12.7. The summed E-state index contributed by atoms with van der Waals surface area (Å²) in [6.45, 7) is 0.0147. The molecular weight excluding hydrogens is 523 g/mol. The molecule has 4 aromatic rings. The Morgan fingerprint density at radius 2 is 1.80 bits per heavy atom. The first kappa shape index (κ1) is 27.0. The predicted molar refractivity (Wildman–Crippen MR) is 151 cm³/mol. The van der Waals surface area contributed by atoms with Crippen LogP contribution in [-0.2, 0) is 11.4 Å². The van der Waals surface area contributed by atoms with Crippen LogP contribution in [0, 0.1) is 17.1 Å². The molecule has 1 aliphatic rings. The number of hydrogen-bond donors (Lipinski definition) is 1. The molecule has 8 heteroatoms. The predicted octanol–water partition coefficient (Wildman–Crippen LogP) is 6.25. The van der Waals surface area contributed by atoms with E-state index in [9.17, 15) is 14.4 Å². The molecule has 7 nitrogen and oxygen atoms in total. The fourth-order valence-electron chi connectivity index (χ4n) is 4.47. The summed E-state index contributed by atoms with van der Waals surface area (Å²) < 4.78 is 36.7. The van der Waals surface area contributed by atoms with Gasteiger partial charge in [-0.05, 0) is 41.5 Å². The van der Waals surface area contributed by atoms with Crippen molar-refractivity contribution < 1.29 is 28.1 Å². The minimum Gasteiger partial charge on any atom is -0.493 e. The van der Waals surface area contributed by atoms with Gasteiger partial charge in [0, 0.05) is 23.3 Å². The number of carbonyl (C=O) groups is 1. The number of nitriles is 1. The number of nitrogens with two attached hydrogens (primary N) is 1. The Hall–Kier alpha value is -5.55. The number of halogens is 1. The van der Waals surface area contributed by atoms with E-state index in [0.717, 1.165) is 5.56 Å². The van der Waals surface area contributed by atoms with Crippen LogP contribution < -0.4 is 24.7 Å². The average Bonchev–Trinajstić information content (AvgIpc) is 2.99. The smallest absolute Gasteiger partial charge is 0.336 e. The Labute approximate surface area is 236 Å². The highest BCUT2D eigenvalue weighted by atomic mass is 19.1. The molecule has 204 valence electrons. The lowest BCUT2D eigenvalue weighted by atomic mass is 9.83. The number of benzene rings is 4. The molecule has 1 heterocycles. The lowest BCUT2D eigenvalue weighted by molar-refractivity contribution is -0.128. The van der Waals surface area contributed by atoms with Crippen LogP contribution in [0.4, 0.5) is 4.39 Å². The number of methoxy groups -OCH3 is 1. The van der Waals surface area contributed by atoms with Crippen molar-refractivity contribution in [1.29, 1.82) is 5.26 Å². The van der Waals surface area contributed by atoms with E-state index in [1.165, 1.54) is 19.3 Å². The van der Waals surface area contributed by atoms with Crippen molar-refractivity contribution in [2.45, 2.75) is 12.5 Å².